The minimum atomic E-state index is -3.33. The molecule has 0 aromatic carbocycles. The molecular formula is C9H11BrN2O2S2. The van der Waals surface area contributed by atoms with Gasteiger partial charge in [-0.3, -0.25) is 0 Å². The van der Waals surface area contributed by atoms with E-state index in [2.05, 4.69) is 26.0 Å². The van der Waals surface area contributed by atoms with Crippen LogP contribution in [0.25, 0.3) is 0 Å². The predicted molar refractivity (Wildman–Crippen MR) is 66.0 cm³/mol. The lowest BCUT2D eigenvalue weighted by Crippen LogP contribution is -2.32. The van der Waals surface area contributed by atoms with Gasteiger partial charge in [-0.25, -0.2) is 13.1 Å². The number of sulfonamides is 1. The van der Waals surface area contributed by atoms with Gasteiger partial charge in [-0.1, -0.05) is 0 Å². The molecule has 16 heavy (non-hydrogen) atoms. The summed E-state index contributed by atoms with van der Waals surface area (Å²) in [7, 11) is -3.33. The molecule has 1 saturated carbocycles. The summed E-state index contributed by atoms with van der Waals surface area (Å²) in [5, 5.41) is 5.01. The van der Waals surface area contributed by atoms with Crippen molar-refractivity contribution in [2.45, 2.75) is 10.3 Å². The standard InChI is InChI=1S/C9H11BrN2O2S2/c10-7-1-2-15-9(7)16(13,14)12-8-5-3-11-4-6(5)8/h1-2,5-6,8,11-12H,3-4H2. The van der Waals surface area contributed by atoms with Crippen molar-refractivity contribution in [3.8, 4) is 0 Å². The molecule has 88 valence electrons. The quantitative estimate of drug-likeness (QED) is 0.873. The lowest BCUT2D eigenvalue weighted by Gasteiger charge is -2.07. The third-order valence-corrected chi connectivity index (χ3v) is 7.34. The van der Waals surface area contributed by atoms with Gasteiger partial charge in [0.1, 0.15) is 4.21 Å². The molecule has 1 aliphatic heterocycles. The summed E-state index contributed by atoms with van der Waals surface area (Å²) in [6.45, 7) is 1.87. The third kappa shape index (κ3) is 1.74. The fourth-order valence-electron chi connectivity index (χ4n) is 2.30. The van der Waals surface area contributed by atoms with Crippen molar-refractivity contribution in [1.29, 1.82) is 0 Å². The molecule has 2 heterocycles. The van der Waals surface area contributed by atoms with Crippen molar-refractivity contribution >= 4 is 37.3 Å². The molecule has 2 aliphatic rings. The summed E-state index contributed by atoms with van der Waals surface area (Å²) in [6.07, 6.45) is 0. The number of hydrogen-bond donors (Lipinski definition) is 2. The summed E-state index contributed by atoms with van der Waals surface area (Å²) < 4.78 is 27.9. The Morgan fingerprint density at radius 3 is 2.69 bits per heavy atom. The maximum absolute atomic E-state index is 12.0. The average Bonchev–Trinajstić information content (AvgIpc) is 2.68. The molecule has 0 radical (unpaired) electrons. The Morgan fingerprint density at radius 1 is 1.44 bits per heavy atom. The Morgan fingerprint density at radius 2 is 2.12 bits per heavy atom. The zero-order chi connectivity index (χ0) is 11.3. The molecule has 0 amide bonds. The summed E-state index contributed by atoms with van der Waals surface area (Å²) in [6, 6.07) is 1.90. The summed E-state index contributed by atoms with van der Waals surface area (Å²) in [4.78, 5) is 0. The van der Waals surface area contributed by atoms with Crippen molar-refractivity contribution in [1.82, 2.24) is 10.0 Å². The second-order valence-electron chi connectivity index (χ2n) is 4.19. The Bertz CT molecular complexity index is 503. The number of halogens is 1. The van der Waals surface area contributed by atoms with Gasteiger partial charge >= 0.3 is 0 Å². The number of hydrogen-bond acceptors (Lipinski definition) is 4. The molecular weight excluding hydrogens is 312 g/mol. The minimum Gasteiger partial charge on any atom is -0.316 e. The van der Waals surface area contributed by atoms with Crippen LogP contribution in [0.4, 0.5) is 0 Å². The molecule has 1 saturated heterocycles. The lowest BCUT2D eigenvalue weighted by molar-refractivity contribution is 0.567. The topological polar surface area (TPSA) is 58.2 Å². The molecule has 7 heteroatoms. The van der Waals surface area contributed by atoms with Gasteiger partial charge in [-0.2, -0.15) is 0 Å². The zero-order valence-corrected chi connectivity index (χ0v) is 11.5. The van der Waals surface area contributed by atoms with Gasteiger partial charge in [-0.05, 0) is 52.3 Å². The smallest absolute Gasteiger partial charge is 0.251 e. The molecule has 1 aliphatic carbocycles. The molecule has 4 nitrogen and oxygen atoms in total. The maximum atomic E-state index is 12.0. The number of rotatable bonds is 3. The first-order valence-electron chi connectivity index (χ1n) is 5.05. The van der Waals surface area contributed by atoms with Crippen LogP contribution < -0.4 is 10.0 Å². The summed E-state index contributed by atoms with van der Waals surface area (Å²) >= 11 is 4.49. The van der Waals surface area contributed by atoms with Crippen LogP contribution in [0.1, 0.15) is 0 Å². The molecule has 2 fully saturated rings. The van der Waals surface area contributed by atoms with Gasteiger partial charge in [0.15, 0.2) is 0 Å². The first kappa shape index (κ1) is 11.2. The van der Waals surface area contributed by atoms with Gasteiger partial charge in [-0.15, -0.1) is 11.3 Å². The fourth-order valence-corrected chi connectivity index (χ4v) is 5.99. The lowest BCUT2D eigenvalue weighted by atomic mass is 10.4. The van der Waals surface area contributed by atoms with E-state index >= 15 is 0 Å². The molecule has 2 unspecified atom stereocenters. The van der Waals surface area contributed by atoms with E-state index in [1.165, 1.54) is 11.3 Å². The van der Waals surface area contributed by atoms with E-state index in [4.69, 9.17) is 0 Å². The number of thiophene rings is 1. The van der Waals surface area contributed by atoms with Crippen molar-refractivity contribution in [3.05, 3.63) is 15.9 Å². The minimum absolute atomic E-state index is 0.139. The van der Waals surface area contributed by atoms with E-state index in [1.807, 2.05) is 0 Å². The van der Waals surface area contributed by atoms with Crippen LogP contribution in [0.2, 0.25) is 0 Å². The van der Waals surface area contributed by atoms with Crippen molar-refractivity contribution in [2.24, 2.45) is 11.8 Å². The molecule has 3 rings (SSSR count). The monoisotopic (exact) mass is 322 g/mol. The van der Waals surface area contributed by atoms with Gasteiger partial charge in [0.2, 0.25) is 0 Å². The molecule has 2 atom stereocenters. The SMILES string of the molecule is O=S(=O)(NC1C2CNCC21)c1sccc1Br. The highest BCUT2D eigenvalue weighted by Gasteiger charge is 2.54. The maximum Gasteiger partial charge on any atom is 0.251 e. The van der Waals surface area contributed by atoms with Crippen LogP contribution >= 0.6 is 27.3 Å². The summed E-state index contributed by atoms with van der Waals surface area (Å²) in [5.41, 5.74) is 0. The Balaban J connectivity index is 1.78. The first-order chi connectivity index (χ1) is 7.59. The van der Waals surface area contributed by atoms with Crippen molar-refractivity contribution < 1.29 is 8.42 Å². The molecule has 1 aromatic heterocycles. The third-order valence-electron chi connectivity index (χ3n) is 3.21. The van der Waals surface area contributed by atoms with Crippen molar-refractivity contribution in [3.63, 3.8) is 0 Å². The highest BCUT2D eigenvalue weighted by Crippen LogP contribution is 2.43. The van der Waals surface area contributed by atoms with Crippen LogP contribution in [0.5, 0.6) is 0 Å². The highest BCUT2D eigenvalue weighted by atomic mass is 79.9. The van der Waals surface area contributed by atoms with E-state index in [-0.39, 0.29) is 6.04 Å². The van der Waals surface area contributed by atoms with E-state index < -0.39 is 10.0 Å². The molecule has 0 bridgehead atoms. The van der Waals surface area contributed by atoms with Crippen molar-refractivity contribution in [2.75, 3.05) is 13.1 Å². The zero-order valence-electron chi connectivity index (χ0n) is 8.31. The van der Waals surface area contributed by atoms with Crippen LogP contribution in [-0.4, -0.2) is 27.5 Å². The Hall–Kier alpha value is 0.0500. The van der Waals surface area contributed by atoms with Crippen LogP contribution in [0.15, 0.2) is 20.1 Å². The number of fused-ring (bicyclic) bond motifs is 1. The van der Waals surface area contributed by atoms with Gasteiger partial charge < -0.3 is 5.32 Å². The van der Waals surface area contributed by atoms with Crippen LogP contribution in [0, 0.1) is 11.8 Å². The van der Waals surface area contributed by atoms with E-state index in [9.17, 15) is 8.42 Å². The predicted octanol–water partition coefficient (Wildman–Crippen LogP) is 1.01. The van der Waals surface area contributed by atoms with Gasteiger partial charge in [0.05, 0.1) is 0 Å². The van der Waals surface area contributed by atoms with Gasteiger partial charge in [0.25, 0.3) is 10.0 Å². The fraction of sp³-hybridized carbons (Fsp3) is 0.556. The summed E-state index contributed by atoms with van der Waals surface area (Å²) in [5.74, 6) is 0.988. The second-order valence-corrected chi connectivity index (χ2v) is 7.87. The Labute approximate surface area is 107 Å². The van der Waals surface area contributed by atoms with Crippen LogP contribution in [0.3, 0.4) is 0 Å². The van der Waals surface area contributed by atoms with Crippen LogP contribution in [-0.2, 0) is 10.0 Å². The molecule has 1 aromatic rings. The molecule has 2 N–H and O–H groups in total. The highest BCUT2D eigenvalue weighted by molar-refractivity contribution is 9.10. The van der Waals surface area contributed by atoms with E-state index in [0.29, 0.717) is 20.5 Å². The number of piperidine rings is 1. The normalized spacial score (nSPS) is 32.7. The molecule has 0 spiro atoms. The van der Waals surface area contributed by atoms with Gasteiger partial charge in [0, 0.05) is 10.5 Å². The second kappa shape index (κ2) is 3.78. The average molecular weight is 323 g/mol. The van der Waals surface area contributed by atoms with E-state index in [1.54, 1.807) is 11.4 Å². The number of nitrogens with one attached hydrogen (secondary N) is 2. The largest absolute Gasteiger partial charge is 0.316 e. The van der Waals surface area contributed by atoms with E-state index in [0.717, 1.165) is 13.1 Å². The Kier molecular flexibility index (Phi) is 2.63. The first-order valence-corrected chi connectivity index (χ1v) is 8.21.